The van der Waals surface area contributed by atoms with Gasteiger partial charge in [-0.15, -0.1) is 0 Å². The van der Waals surface area contributed by atoms with Gasteiger partial charge in [-0.2, -0.15) is 18.3 Å². The number of hydrogen-bond acceptors (Lipinski definition) is 5. The molecule has 12 heteroatoms. The maximum Gasteiger partial charge on any atom is 0.433 e. The highest BCUT2D eigenvalue weighted by Crippen LogP contribution is 2.41. The third-order valence-electron chi connectivity index (χ3n) is 8.39. The topological polar surface area (TPSA) is 97.4 Å². The van der Waals surface area contributed by atoms with Crippen LogP contribution >= 0.6 is 11.6 Å². The second-order valence-electron chi connectivity index (χ2n) is 10.7. The van der Waals surface area contributed by atoms with E-state index in [0.717, 1.165) is 41.7 Å². The van der Waals surface area contributed by atoms with Crippen LogP contribution in [0.25, 0.3) is 5.69 Å². The summed E-state index contributed by atoms with van der Waals surface area (Å²) < 4.78 is 41.3. The van der Waals surface area contributed by atoms with Crippen molar-refractivity contribution in [1.29, 1.82) is 0 Å². The molecule has 6 rings (SSSR count). The fourth-order valence-corrected chi connectivity index (χ4v) is 6.28. The minimum atomic E-state index is -4.69. The predicted molar refractivity (Wildman–Crippen MR) is 147 cm³/mol. The molecule has 2 aromatic heterocycles. The largest absolute Gasteiger partial charge is 0.433 e. The molecular formula is C29H28ClF3N6O2. The van der Waals surface area contributed by atoms with E-state index in [9.17, 15) is 22.8 Å². The Labute approximate surface area is 239 Å². The zero-order valence-electron chi connectivity index (χ0n) is 22.1. The van der Waals surface area contributed by atoms with Crippen LogP contribution in [0.4, 0.5) is 18.9 Å². The van der Waals surface area contributed by atoms with Crippen molar-refractivity contribution in [3.63, 3.8) is 0 Å². The lowest BCUT2D eigenvalue weighted by Gasteiger charge is -2.38. The van der Waals surface area contributed by atoms with Crippen molar-refractivity contribution >= 4 is 29.1 Å². The summed E-state index contributed by atoms with van der Waals surface area (Å²) in [6.45, 7) is 4.37. The maximum atomic E-state index is 13.8. The van der Waals surface area contributed by atoms with Crippen LogP contribution < -0.4 is 5.73 Å². The Morgan fingerprint density at radius 3 is 2.56 bits per heavy atom. The zero-order chi connectivity index (χ0) is 29.1. The molecule has 4 heterocycles. The van der Waals surface area contributed by atoms with E-state index in [-0.39, 0.29) is 30.2 Å². The second-order valence-corrected chi connectivity index (χ2v) is 11.1. The number of rotatable bonds is 4. The van der Waals surface area contributed by atoms with Crippen LogP contribution in [0.2, 0.25) is 5.02 Å². The number of alkyl halides is 3. The van der Waals surface area contributed by atoms with Gasteiger partial charge in [-0.1, -0.05) is 30.7 Å². The molecule has 1 fully saturated rings. The molecule has 214 valence electrons. The Morgan fingerprint density at radius 2 is 1.93 bits per heavy atom. The summed E-state index contributed by atoms with van der Waals surface area (Å²) in [5, 5.41) is 5.51. The molecule has 1 atom stereocenters. The highest BCUT2D eigenvalue weighted by atomic mass is 35.5. The van der Waals surface area contributed by atoms with Crippen LogP contribution in [0, 0.1) is 0 Å². The van der Waals surface area contributed by atoms with Gasteiger partial charge in [0.15, 0.2) is 0 Å². The van der Waals surface area contributed by atoms with Crippen molar-refractivity contribution in [3.05, 3.63) is 81.9 Å². The van der Waals surface area contributed by atoms with Gasteiger partial charge in [-0.25, -0.2) is 4.68 Å². The Balaban J connectivity index is 1.40. The van der Waals surface area contributed by atoms with Crippen LogP contribution in [-0.2, 0) is 23.8 Å². The standard InChI is InChI=1S/C29H28ClF3N6O2/c1-2-26(40)37-10-8-21-27-23(39(36-21)22-7-6-17(12-19(22)30)16-4-3-5-16)9-11-38(24(27)15-37)28(41)18-14-35-25(13-20(18)34)29(31,32)33/h2,6-7,12-14,16,24H,1,3-5,8-11,15H2,(H2,34,35)/t24-/m0/s1. The monoisotopic (exact) mass is 584 g/mol. The molecule has 1 aliphatic carbocycles. The summed E-state index contributed by atoms with van der Waals surface area (Å²) in [6.07, 6.45) is 1.81. The third-order valence-corrected chi connectivity index (χ3v) is 8.69. The first kappa shape index (κ1) is 27.3. The number of halogens is 4. The summed E-state index contributed by atoms with van der Waals surface area (Å²) in [5.41, 5.74) is 8.71. The van der Waals surface area contributed by atoms with E-state index in [0.29, 0.717) is 36.4 Å². The van der Waals surface area contributed by atoms with Crippen LogP contribution in [-0.4, -0.2) is 56.0 Å². The molecule has 2 aliphatic heterocycles. The molecule has 8 nitrogen and oxygen atoms in total. The van der Waals surface area contributed by atoms with Gasteiger partial charge < -0.3 is 15.5 Å². The number of benzene rings is 1. The number of hydrogen-bond donors (Lipinski definition) is 1. The van der Waals surface area contributed by atoms with Crippen LogP contribution in [0.15, 0.2) is 43.1 Å². The van der Waals surface area contributed by atoms with Crippen LogP contribution in [0.3, 0.4) is 0 Å². The van der Waals surface area contributed by atoms with Crippen molar-refractivity contribution in [3.8, 4) is 5.69 Å². The predicted octanol–water partition coefficient (Wildman–Crippen LogP) is 5.10. The molecule has 0 spiro atoms. The van der Waals surface area contributed by atoms with E-state index in [1.807, 2.05) is 16.8 Å². The Morgan fingerprint density at radius 1 is 1.15 bits per heavy atom. The number of nitrogens with two attached hydrogens (primary N) is 1. The molecule has 0 unspecified atom stereocenters. The normalized spacial score (nSPS) is 18.9. The number of anilines is 1. The van der Waals surface area contributed by atoms with Gasteiger partial charge >= 0.3 is 6.18 Å². The van der Waals surface area contributed by atoms with E-state index in [1.54, 1.807) is 9.80 Å². The lowest BCUT2D eigenvalue weighted by atomic mass is 9.80. The molecule has 1 aromatic carbocycles. The molecule has 0 bridgehead atoms. The van der Waals surface area contributed by atoms with Crippen LogP contribution in [0.1, 0.15) is 69.8 Å². The number of carbonyl (C=O) groups excluding carboxylic acids is 2. The van der Waals surface area contributed by atoms with Gasteiger partial charge in [0.1, 0.15) is 5.69 Å². The highest BCUT2D eigenvalue weighted by molar-refractivity contribution is 6.32. The molecule has 0 radical (unpaired) electrons. The summed E-state index contributed by atoms with van der Waals surface area (Å²) >= 11 is 6.78. The minimum Gasteiger partial charge on any atom is -0.398 e. The molecule has 1 saturated carbocycles. The average Bonchev–Trinajstić information content (AvgIpc) is 3.15. The molecule has 0 saturated heterocycles. The Bertz CT molecular complexity index is 1560. The number of amides is 2. The molecule has 2 N–H and O–H groups in total. The Hall–Kier alpha value is -3.86. The van der Waals surface area contributed by atoms with Crippen molar-refractivity contribution in [2.75, 3.05) is 25.4 Å². The smallest absolute Gasteiger partial charge is 0.398 e. The van der Waals surface area contributed by atoms with Gasteiger partial charge in [-0.3, -0.25) is 14.6 Å². The van der Waals surface area contributed by atoms with E-state index in [2.05, 4.69) is 17.6 Å². The number of nitrogens with zero attached hydrogens (tertiary/aromatic N) is 5. The molecule has 2 amide bonds. The van der Waals surface area contributed by atoms with Gasteiger partial charge in [0.2, 0.25) is 5.91 Å². The highest BCUT2D eigenvalue weighted by Gasteiger charge is 2.41. The summed E-state index contributed by atoms with van der Waals surface area (Å²) in [4.78, 5) is 33.0. The first-order chi connectivity index (χ1) is 19.6. The van der Waals surface area contributed by atoms with Gasteiger partial charge in [0, 0.05) is 49.9 Å². The average molecular weight is 585 g/mol. The Kier molecular flexibility index (Phi) is 6.80. The van der Waals surface area contributed by atoms with Gasteiger partial charge in [-0.05, 0) is 48.6 Å². The quantitative estimate of drug-likeness (QED) is 0.430. The molecule has 3 aliphatic rings. The SMILES string of the molecule is C=CC(=O)N1CCc2nn(-c3ccc(C4CCC4)cc3Cl)c3c2[C@H](C1)N(C(=O)c1cnc(C(F)(F)F)cc1N)CC3. The van der Waals surface area contributed by atoms with E-state index in [4.69, 9.17) is 22.4 Å². The van der Waals surface area contributed by atoms with Crippen molar-refractivity contribution in [1.82, 2.24) is 24.6 Å². The third kappa shape index (κ3) is 4.75. The molecule has 3 aromatic rings. The lowest BCUT2D eigenvalue weighted by molar-refractivity contribution is -0.141. The fraction of sp³-hybridized carbons (Fsp3) is 0.379. The first-order valence-corrected chi connectivity index (χ1v) is 13.9. The first-order valence-electron chi connectivity index (χ1n) is 13.5. The maximum absolute atomic E-state index is 13.8. The van der Waals surface area contributed by atoms with Crippen molar-refractivity contribution in [2.24, 2.45) is 0 Å². The van der Waals surface area contributed by atoms with Crippen molar-refractivity contribution in [2.45, 2.75) is 50.2 Å². The summed E-state index contributed by atoms with van der Waals surface area (Å²) in [7, 11) is 0. The number of aromatic nitrogens is 3. The summed E-state index contributed by atoms with van der Waals surface area (Å²) in [6, 6.07) is 6.14. The second kappa shape index (κ2) is 10.2. The fourth-order valence-electron chi connectivity index (χ4n) is 6.02. The van der Waals surface area contributed by atoms with Crippen molar-refractivity contribution < 1.29 is 22.8 Å². The number of carbonyl (C=O) groups is 2. The van der Waals surface area contributed by atoms with E-state index < -0.39 is 23.8 Å². The van der Waals surface area contributed by atoms with E-state index in [1.165, 1.54) is 18.1 Å². The molecular weight excluding hydrogens is 557 g/mol. The number of nitrogen functional groups attached to an aromatic ring is 1. The van der Waals surface area contributed by atoms with Gasteiger partial charge in [0.05, 0.1) is 33.7 Å². The van der Waals surface area contributed by atoms with Gasteiger partial charge in [0.25, 0.3) is 5.91 Å². The zero-order valence-corrected chi connectivity index (χ0v) is 22.9. The van der Waals surface area contributed by atoms with Crippen LogP contribution in [0.5, 0.6) is 0 Å². The molecule has 41 heavy (non-hydrogen) atoms. The lowest BCUT2D eigenvalue weighted by Crippen LogP contribution is -2.46. The number of pyridine rings is 1. The van der Waals surface area contributed by atoms with E-state index >= 15 is 0 Å². The summed E-state index contributed by atoms with van der Waals surface area (Å²) in [5.74, 6) is -0.319. The minimum absolute atomic E-state index is 0.129.